The summed E-state index contributed by atoms with van der Waals surface area (Å²) in [5.74, 6) is 0. The van der Waals surface area contributed by atoms with Gasteiger partial charge < -0.3 is 5.32 Å². The summed E-state index contributed by atoms with van der Waals surface area (Å²) in [4.78, 5) is 14.4. The highest BCUT2D eigenvalue weighted by Crippen LogP contribution is 2.17. The number of carbonyl (C=O) groups excluding carboxylic acids is 1. The standard InChI is InChI=1S/C11H13N3OS/c1-16-11-9(7-12)4-5-10(14-11)3-2-6-13-8-15/h4-5,8H,2-3,6H2,1H3,(H,13,15). The molecule has 16 heavy (non-hydrogen) atoms. The summed E-state index contributed by atoms with van der Waals surface area (Å²) < 4.78 is 0. The van der Waals surface area contributed by atoms with Crippen molar-refractivity contribution < 1.29 is 4.79 Å². The highest BCUT2D eigenvalue weighted by Gasteiger charge is 2.03. The van der Waals surface area contributed by atoms with E-state index in [1.54, 1.807) is 6.07 Å². The molecule has 0 aliphatic rings. The number of amides is 1. The van der Waals surface area contributed by atoms with Crippen LogP contribution in [-0.4, -0.2) is 24.2 Å². The van der Waals surface area contributed by atoms with Gasteiger partial charge in [-0.05, 0) is 31.2 Å². The summed E-state index contributed by atoms with van der Waals surface area (Å²) in [6.45, 7) is 0.653. The number of aryl methyl sites for hydroxylation is 1. The number of hydrogen-bond donors (Lipinski definition) is 1. The molecule has 0 atom stereocenters. The topological polar surface area (TPSA) is 65.8 Å². The third-order valence-electron chi connectivity index (χ3n) is 2.07. The van der Waals surface area contributed by atoms with Crippen molar-refractivity contribution in [1.29, 1.82) is 5.26 Å². The van der Waals surface area contributed by atoms with Crippen molar-refractivity contribution in [3.05, 3.63) is 23.4 Å². The predicted molar refractivity (Wildman–Crippen MR) is 63.1 cm³/mol. The molecule has 1 heterocycles. The Morgan fingerprint density at radius 3 is 3.06 bits per heavy atom. The summed E-state index contributed by atoms with van der Waals surface area (Å²) in [6, 6.07) is 5.76. The SMILES string of the molecule is CSc1nc(CCCNC=O)ccc1C#N. The second-order valence-corrected chi connectivity index (χ2v) is 3.94. The molecule has 1 amide bonds. The van der Waals surface area contributed by atoms with Gasteiger partial charge in [0.2, 0.25) is 6.41 Å². The van der Waals surface area contributed by atoms with Crippen LogP contribution in [-0.2, 0) is 11.2 Å². The molecule has 0 saturated carbocycles. The number of thioether (sulfide) groups is 1. The molecule has 1 aromatic heterocycles. The van der Waals surface area contributed by atoms with Crippen LogP contribution in [0.4, 0.5) is 0 Å². The van der Waals surface area contributed by atoms with Gasteiger partial charge in [-0.3, -0.25) is 4.79 Å². The van der Waals surface area contributed by atoms with E-state index in [-0.39, 0.29) is 0 Å². The van der Waals surface area contributed by atoms with Gasteiger partial charge in [0.15, 0.2) is 0 Å². The number of hydrogen-bond acceptors (Lipinski definition) is 4. The maximum absolute atomic E-state index is 10.0. The van der Waals surface area contributed by atoms with Crippen molar-refractivity contribution in [3.8, 4) is 6.07 Å². The fraction of sp³-hybridized carbons (Fsp3) is 0.364. The molecule has 4 nitrogen and oxygen atoms in total. The maximum atomic E-state index is 10.0. The van der Waals surface area contributed by atoms with Crippen molar-refractivity contribution in [2.24, 2.45) is 0 Å². The van der Waals surface area contributed by atoms with Crippen LogP contribution in [0.1, 0.15) is 17.7 Å². The van der Waals surface area contributed by atoms with Gasteiger partial charge in [-0.2, -0.15) is 5.26 Å². The van der Waals surface area contributed by atoms with Gasteiger partial charge in [-0.1, -0.05) is 0 Å². The first kappa shape index (κ1) is 12.5. The van der Waals surface area contributed by atoms with Gasteiger partial charge in [0.1, 0.15) is 11.1 Å². The van der Waals surface area contributed by atoms with Crippen molar-refractivity contribution in [2.45, 2.75) is 17.9 Å². The van der Waals surface area contributed by atoms with Crippen LogP contribution in [0, 0.1) is 11.3 Å². The van der Waals surface area contributed by atoms with E-state index in [9.17, 15) is 4.79 Å². The predicted octanol–water partition coefficient (Wildman–Crippen LogP) is 1.35. The van der Waals surface area contributed by atoms with E-state index in [0.29, 0.717) is 18.5 Å². The van der Waals surface area contributed by atoms with Gasteiger partial charge >= 0.3 is 0 Å². The van der Waals surface area contributed by atoms with Gasteiger partial charge in [0.05, 0.1) is 5.56 Å². The summed E-state index contributed by atoms with van der Waals surface area (Å²) >= 11 is 1.47. The van der Waals surface area contributed by atoms with E-state index in [0.717, 1.165) is 23.6 Å². The van der Waals surface area contributed by atoms with E-state index in [2.05, 4.69) is 16.4 Å². The Labute approximate surface area is 99.1 Å². The molecule has 5 heteroatoms. The summed E-state index contributed by atoms with van der Waals surface area (Å²) in [7, 11) is 0. The number of pyridine rings is 1. The Balaban J connectivity index is 2.61. The Morgan fingerprint density at radius 2 is 2.44 bits per heavy atom. The Morgan fingerprint density at radius 1 is 1.62 bits per heavy atom. The first-order chi connectivity index (χ1) is 7.81. The third-order valence-corrected chi connectivity index (χ3v) is 2.77. The molecule has 1 rings (SSSR count). The van der Waals surface area contributed by atoms with E-state index in [1.165, 1.54) is 11.8 Å². The van der Waals surface area contributed by atoms with E-state index in [4.69, 9.17) is 5.26 Å². The number of aromatic nitrogens is 1. The Kier molecular flexibility index (Phi) is 5.37. The molecule has 0 aliphatic heterocycles. The third kappa shape index (κ3) is 3.55. The summed E-state index contributed by atoms with van der Waals surface area (Å²) in [6.07, 6.45) is 4.26. The fourth-order valence-corrected chi connectivity index (χ4v) is 1.83. The lowest BCUT2D eigenvalue weighted by Gasteiger charge is -2.04. The molecule has 1 aromatic rings. The van der Waals surface area contributed by atoms with Crippen molar-refractivity contribution in [3.63, 3.8) is 0 Å². The minimum absolute atomic E-state index is 0.613. The van der Waals surface area contributed by atoms with Gasteiger partial charge in [-0.25, -0.2) is 4.98 Å². The largest absolute Gasteiger partial charge is 0.359 e. The molecule has 0 saturated heterocycles. The normalized spacial score (nSPS) is 9.50. The van der Waals surface area contributed by atoms with Gasteiger partial charge in [-0.15, -0.1) is 11.8 Å². The van der Waals surface area contributed by atoms with Crippen LogP contribution in [0.3, 0.4) is 0 Å². The molecule has 0 fully saturated rings. The smallest absolute Gasteiger partial charge is 0.207 e. The second-order valence-electron chi connectivity index (χ2n) is 3.15. The zero-order valence-electron chi connectivity index (χ0n) is 9.06. The number of nitrogens with one attached hydrogen (secondary N) is 1. The van der Waals surface area contributed by atoms with Crippen LogP contribution < -0.4 is 5.32 Å². The van der Waals surface area contributed by atoms with Crippen LogP contribution in [0.5, 0.6) is 0 Å². The number of rotatable bonds is 6. The van der Waals surface area contributed by atoms with E-state index in [1.807, 2.05) is 12.3 Å². The highest BCUT2D eigenvalue weighted by atomic mass is 32.2. The van der Waals surface area contributed by atoms with E-state index < -0.39 is 0 Å². The van der Waals surface area contributed by atoms with Crippen LogP contribution >= 0.6 is 11.8 Å². The van der Waals surface area contributed by atoms with Crippen LogP contribution in [0.2, 0.25) is 0 Å². The Hall–Kier alpha value is -1.54. The lowest BCUT2D eigenvalue weighted by atomic mass is 10.2. The zero-order chi connectivity index (χ0) is 11.8. The van der Waals surface area contributed by atoms with Gasteiger partial charge in [0.25, 0.3) is 0 Å². The summed E-state index contributed by atoms with van der Waals surface area (Å²) in [5.41, 5.74) is 1.57. The lowest BCUT2D eigenvalue weighted by Crippen LogP contribution is -2.13. The first-order valence-electron chi connectivity index (χ1n) is 4.93. The van der Waals surface area contributed by atoms with Crippen molar-refractivity contribution >= 4 is 18.2 Å². The molecule has 0 aromatic carbocycles. The average molecular weight is 235 g/mol. The quantitative estimate of drug-likeness (QED) is 0.459. The monoisotopic (exact) mass is 235 g/mol. The highest BCUT2D eigenvalue weighted by molar-refractivity contribution is 7.98. The number of carbonyl (C=O) groups is 1. The average Bonchev–Trinajstić information content (AvgIpc) is 2.34. The van der Waals surface area contributed by atoms with Crippen LogP contribution in [0.15, 0.2) is 17.2 Å². The van der Waals surface area contributed by atoms with Crippen LogP contribution in [0.25, 0.3) is 0 Å². The maximum Gasteiger partial charge on any atom is 0.207 e. The number of nitrogens with zero attached hydrogens (tertiary/aromatic N) is 2. The molecule has 0 bridgehead atoms. The zero-order valence-corrected chi connectivity index (χ0v) is 9.88. The molecule has 84 valence electrons. The minimum Gasteiger partial charge on any atom is -0.359 e. The fourth-order valence-electron chi connectivity index (χ4n) is 1.29. The molecule has 0 unspecified atom stereocenters. The first-order valence-corrected chi connectivity index (χ1v) is 6.15. The molecule has 0 aliphatic carbocycles. The van der Waals surface area contributed by atoms with Gasteiger partial charge in [0, 0.05) is 12.2 Å². The van der Waals surface area contributed by atoms with Crippen molar-refractivity contribution in [2.75, 3.05) is 12.8 Å². The molecular weight excluding hydrogens is 222 g/mol. The minimum atomic E-state index is 0.613. The van der Waals surface area contributed by atoms with Crippen molar-refractivity contribution in [1.82, 2.24) is 10.3 Å². The molecule has 0 radical (unpaired) electrons. The van der Waals surface area contributed by atoms with E-state index >= 15 is 0 Å². The molecule has 0 spiro atoms. The lowest BCUT2D eigenvalue weighted by molar-refractivity contribution is -0.109. The summed E-state index contributed by atoms with van der Waals surface area (Å²) in [5, 5.41) is 12.2. The second kappa shape index (κ2) is 6.85. The number of nitriles is 1. The Bertz CT molecular complexity index is 401. The molecular formula is C11H13N3OS. The molecule has 1 N–H and O–H groups in total.